The highest BCUT2D eigenvalue weighted by Gasteiger charge is 2.40. The summed E-state index contributed by atoms with van der Waals surface area (Å²) < 4.78 is 0. The molecule has 0 aromatic heterocycles. The number of hydrogen-bond donors (Lipinski definition) is 1. The molecule has 1 aliphatic carbocycles. The molecule has 2 rings (SSSR count). The minimum absolute atomic E-state index is 0.276. The Hall–Kier alpha value is -0.240. The first kappa shape index (κ1) is 14.2. The van der Waals surface area contributed by atoms with Crippen LogP contribution in [0.1, 0.15) is 38.7 Å². The van der Waals surface area contributed by atoms with Gasteiger partial charge in [0.2, 0.25) is 0 Å². The molecule has 1 saturated carbocycles. The van der Waals surface area contributed by atoms with Gasteiger partial charge >= 0.3 is 0 Å². The SMILES string of the molecule is CC1CCCC(O)(Cc2c(Cl)cccc2Cl)C1C. The van der Waals surface area contributed by atoms with Gasteiger partial charge in [0.05, 0.1) is 5.60 Å². The van der Waals surface area contributed by atoms with E-state index in [9.17, 15) is 5.11 Å². The average molecular weight is 287 g/mol. The van der Waals surface area contributed by atoms with Crippen molar-refractivity contribution in [2.75, 3.05) is 0 Å². The van der Waals surface area contributed by atoms with Gasteiger partial charge in [-0.1, -0.05) is 56.0 Å². The summed E-state index contributed by atoms with van der Waals surface area (Å²) in [5.41, 5.74) is 0.205. The van der Waals surface area contributed by atoms with Gasteiger partial charge in [-0.15, -0.1) is 0 Å². The lowest BCUT2D eigenvalue weighted by Gasteiger charge is -2.42. The Morgan fingerprint density at radius 3 is 2.50 bits per heavy atom. The van der Waals surface area contributed by atoms with E-state index >= 15 is 0 Å². The fraction of sp³-hybridized carbons (Fsp3) is 0.600. The van der Waals surface area contributed by atoms with E-state index in [0.29, 0.717) is 22.4 Å². The Labute approximate surface area is 119 Å². The molecule has 0 radical (unpaired) electrons. The molecule has 1 aliphatic rings. The van der Waals surface area contributed by atoms with Crippen LogP contribution in [-0.4, -0.2) is 10.7 Å². The van der Waals surface area contributed by atoms with Crippen LogP contribution in [0.15, 0.2) is 18.2 Å². The van der Waals surface area contributed by atoms with Gasteiger partial charge in [0.1, 0.15) is 0 Å². The van der Waals surface area contributed by atoms with Crippen LogP contribution in [0.3, 0.4) is 0 Å². The lowest BCUT2D eigenvalue weighted by molar-refractivity contribution is -0.0620. The second kappa shape index (κ2) is 5.40. The number of aliphatic hydroxyl groups is 1. The van der Waals surface area contributed by atoms with Crippen molar-refractivity contribution in [3.05, 3.63) is 33.8 Å². The Kier molecular flexibility index (Phi) is 4.25. The fourth-order valence-electron chi connectivity index (χ4n) is 2.99. The summed E-state index contributed by atoms with van der Waals surface area (Å²) in [5.74, 6) is 0.823. The predicted molar refractivity (Wildman–Crippen MR) is 77.3 cm³/mol. The molecule has 0 bridgehead atoms. The number of benzene rings is 1. The van der Waals surface area contributed by atoms with Crippen molar-refractivity contribution in [1.82, 2.24) is 0 Å². The molecular weight excluding hydrogens is 267 g/mol. The molecule has 18 heavy (non-hydrogen) atoms. The van der Waals surface area contributed by atoms with Crippen molar-refractivity contribution in [2.24, 2.45) is 11.8 Å². The quantitative estimate of drug-likeness (QED) is 0.834. The zero-order chi connectivity index (χ0) is 13.3. The molecule has 1 N–H and O–H groups in total. The molecule has 3 atom stereocenters. The van der Waals surface area contributed by atoms with Crippen LogP contribution in [0.5, 0.6) is 0 Å². The van der Waals surface area contributed by atoms with E-state index in [1.165, 1.54) is 6.42 Å². The predicted octanol–water partition coefficient (Wildman–Crippen LogP) is 4.72. The van der Waals surface area contributed by atoms with Crippen LogP contribution in [-0.2, 0) is 6.42 Å². The van der Waals surface area contributed by atoms with Crippen molar-refractivity contribution >= 4 is 23.2 Å². The second-order valence-corrected chi connectivity index (χ2v) is 6.45. The molecule has 1 aromatic rings. The molecule has 0 heterocycles. The average Bonchev–Trinajstić information content (AvgIpc) is 2.31. The third-order valence-electron chi connectivity index (χ3n) is 4.51. The van der Waals surface area contributed by atoms with E-state index in [2.05, 4.69) is 13.8 Å². The third kappa shape index (κ3) is 2.68. The van der Waals surface area contributed by atoms with Gasteiger partial charge in [-0.2, -0.15) is 0 Å². The van der Waals surface area contributed by atoms with Gasteiger partial charge in [-0.05, 0) is 36.0 Å². The molecule has 3 unspecified atom stereocenters. The number of rotatable bonds is 2. The summed E-state index contributed by atoms with van der Waals surface area (Å²) >= 11 is 12.4. The van der Waals surface area contributed by atoms with E-state index in [1.54, 1.807) is 0 Å². The zero-order valence-electron chi connectivity index (χ0n) is 10.9. The molecule has 0 spiro atoms. The summed E-state index contributed by atoms with van der Waals surface area (Å²) in [6.07, 6.45) is 3.65. The largest absolute Gasteiger partial charge is 0.389 e. The van der Waals surface area contributed by atoms with Gasteiger partial charge in [0.25, 0.3) is 0 Å². The van der Waals surface area contributed by atoms with Crippen LogP contribution in [0.2, 0.25) is 10.0 Å². The first-order valence-corrected chi connectivity index (χ1v) is 7.35. The Morgan fingerprint density at radius 2 is 1.89 bits per heavy atom. The van der Waals surface area contributed by atoms with Gasteiger partial charge in [0.15, 0.2) is 0 Å². The molecule has 1 fully saturated rings. The van der Waals surface area contributed by atoms with Crippen LogP contribution in [0, 0.1) is 11.8 Å². The van der Waals surface area contributed by atoms with Crippen LogP contribution in [0.25, 0.3) is 0 Å². The summed E-state index contributed by atoms with van der Waals surface area (Å²) in [6.45, 7) is 4.34. The minimum atomic E-state index is -0.674. The van der Waals surface area contributed by atoms with Crippen LogP contribution < -0.4 is 0 Å². The molecule has 0 saturated heterocycles. The van der Waals surface area contributed by atoms with E-state index < -0.39 is 5.60 Å². The summed E-state index contributed by atoms with van der Waals surface area (Å²) in [7, 11) is 0. The maximum atomic E-state index is 10.9. The van der Waals surface area contributed by atoms with Gasteiger partial charge in [-0.25, -0.2) is 0 Å². The summed E-state index contributed by atoms with van der Waals surface area (Å²) in [5, 5.41) is 12.2. The number of halogens is 2. The van der Waals surface area contributed by atoms with E-state index in [-0.39, 0.29) is 5.92 Å². The first-order chi connectivity index (χ1) is 8.44. The summed E-state index contributed by atoms with van der Waals surface area (Å²) in [6, 6.07) is 5.51. The van der Waals surface area contributed by atoms with Crippen molar-refractivity contribution in [3.8, 4) is 0 Å². The van der Waals surface area contributed by atoms with Crippen LogP contribution in [0.4, 0.5) is 0 Å². The van der Waals surface area contributed by atoms with Gasteiger partial charge in [-0.3, -0.25) is 0 Å². The molecule has 0 aliphatic heterocycles. The van der Waals surface area contributed by atoms with E-state index in [4.69, 9.17) is 23.2 Å². The molecular formula is C15H20Cl2O. The highest BCUT2D eigenvalue weighted by molar-refractivity contribution is 6.36. The lowest BCUT2D eigenvalue weighted by Crippen LogP contribution is -2.44. The third-order valence-corrected chi connectivity index (χ3v) is 5.22. The Balaban J connectivity index is 2.27. The Bertz CT molecular complexity index is 412. The van der Waals surface area contributed by atoms with Crippen LogP contribution >= 0.6 is 23.2 Å². The maximum Gasteiger partial charge on any atom is 0.0716 e. The first-order valence-electron chi connectivity index (χ1n) is 6.59. The fourth-order valence-corrected chi connectivity index (χ4v) is 3.53. The van der Waals surface area contributed by atoms with E-state index in [1.807, 2.05) is 18.2 Å². The monoisotopic (exact) mass is 286 g/mol. The number of hydrogen-bond acceptors (Lipinski definition) is 1. The zero-order valence-corrected chi connectivity index (χ0v) is 12.4. The maximum absolute atomic E-state index is 10.9. The Morgan fingerprint density at radius 1 is 1.28 bits per heavy atom. The standard InChI is InChI=1S/C15H20Cl2O/c1-10-5-4-8-15(18,11(10)2)9-12-13(16)6-3-7-14(12)17/h3,6-7,10-11,18H,4-5,8-9H2,1-2H3. The minimum Gasteiger partial charge on any atom is -0.389 e. The molecule has 0 amide bonds. The summed E-state index contributed by atoms with van der Waals surface area (Å²) in [4.78, 5) is 0. The normalized spacial score (nSPS) is 32.5. The van der Waals surface area contributed by atoms with E-state index in [0.717, 1.165) is 18.4 Å². The van der Waals surface area contributed by atoms with Crippen molar-refractivity contribution in [1.29, 1.82) is 0 Å². The molecule has 100 valence electrons. The molecule has 1 nitrogen and oxygen atoms in total. The molecule has 3 heteroatoms. The van der Waals surface area contributed by atoms with Crippen molar-refractivity contribution < 1.29 is 5.11 Å². The van der Waals surface area contributed by atoms with Gasteiger partial charge in [0, 0.05) is 16.5 Å². The topological polar surface area (TPSA) is 20.2 Å². The molecule has 1 aromatic carbocycles. The highest BCUT2D eigenvalue weighted by Crippen LogP contribution is 2.41. The van der Waals surface area contributed by atoms with Crippen molar-refractivity contribution in [2.45, 2.75) is 45.1 Å². The van der Waals surface area contributed by atoms with Gasteiger partial charge < -0.3 is 5.11 Å². The lowest BCUT2D eigenvalue weighted by atomic mass is 9.68. The second-order valence-electron chi connectivity index (χ2n) is 5.64. The smallest absolute Gasteiger partial charge is 0.0716 e. The van der Waals surface area contributed by atoms with Crippen molar-refractivity contribution in [3.63, 3.8) is 0 Å². The highest BCUT2D eigenvalue weighted by atomic mass is 35.5.